The van der Waals surface area contributed by atoms with Gasteiger partial charge in [0, 0.05) is 12.1 Å². The number of rotatable bonds is 3. The second kappa shape index (κ2) is 4.68. The SMILES string of the molecule is CC(NC1CCCC(C2CC2)C1)C(C)(C)C. The van der Waals surface area contributed by atoms with Crippen LogP contribution in [0.3, 0.4) is 0 Å². The molecule has 0 aliphatic heterocycles. The van der Waals surface area contributed by atoms with E-state index < -0.39 is 0 Å². The van der Waals surface area contributed by atoms with Gasteiger partial charge in [0.15, 0.2) is 0 Å². The predicted molar refractivity (Wildman–Crippen MR) is 70.5 cm³/mol. The van der Waals surface area contributed by atoms with Crippen molar-refractivity contribution in [3.8, 4) is 0 Å². The molecule has 1 nitrogen and oxygen atoms in total. The Kier molecular flexibility index (Phi) is 3.63. The highest BCUT2D eigenvalue weighted by atomic mass is 15.0. The molecule has 2 aliphatic rings. The molecule has 2 rings (SSSR count). The van der Waals surface area contributed by atoms with Gasteiger partial charge in [-0.2, -0.15) is 0 Å². The summed E-state index contributed by atoms with van der Waals surface area (Å²) in [6.07, 6.45) is 8.86. The van der Waals surface area contributed by atoms with E-state index in [1.807, 2.05) is 0 Å². The fourth-order valence-corrected chi connectivity index (χ4v) is 2.98. The maximum Gasteiger partial charge on any atom is 0.00898 e. The Morgan fingerprint density at radius 2 is 1.69 bits per heavy atom. The molecule has 0 aromatic rings. The average Bonchev–Trinajstić information content (AvgIpc) is 2.99. The van der Waals surface area contributed by atoms with Crippen molar-refractivity contribution in [3.63, 3.8) is 0 Å². The fourth-order valence-electron chi connectivity index (χ4n) is 2.98. The van der Waals surface area contributed by atoms with Gasteiger partial charge in [-0.1, -0.05) is 33.6 Å². The van der Waals surface area contributed by atoms with Crippen molar-refractivity contribution in [1.29, 1.82) is 0 Å². The molecule has 2 aliphatic carbocycles. The first kappa shape index (κ1) is 12.4. The van der Waals surface area contributed by atoms with E-state index in [0.29, 0.717) is 11.5 Å². The van der Waals surface area contributed by atoms with E-state index in [1.54, 1.807) is 0 Å². The van der Waals surface area contributed by atoms with Crippen molar-refractivity contribution in [2.45, 2.75) is 78.3 Å². The Labute approximate surface area is 101 Å². The van der Waals surface area contributed by atoms with Crippen molar-refractivity contribution in [2.24, 2.45) is 17.3 Å². The Bertz CT molecular complexity index is 224. The van der Waals surface area contributed by atoms with Crippen molar-refractivity contribution in [2.75, 3.05) is 0 Å². The molecule has 0 bridgehead atoms. The maximum absolute atomic E-state index is 3.87. The van der Waals surface area contributed by atoms with Crippen LogP contribution >= 0.6 is 0 Å². The summed E-state index contributed by atoms with van der Waals surface area (Å²) in [4.78, 5) is 0. The molecule has 1 heteroatoms. The largest absolute Gasteiger partial charge is 0.311 e. The van der Waals surface area contributed by atoms with E-state index in [-0.39, 0.29) is 0 Å². The van der Waals surface area contributed by atoms with Crippen LogP contribution in [0.5, 0.6) is 0 Å². The minimum absolute atomic E-state index is 0.395. The summed E-state index contributed by atoms with van der Waals surface area (Å²) in [5, 5.41) is 3.87. The van der Waals surface area contributed by atoms with Gasteiger partial charge in [0.25, 0.3) is 0 Å². The topological polar surface area (TPSA) is 12.0 Å². The zero-order chi connectivity index (χ0) is 11.8. The van der Waals surface area contributed by atoms with E-state index >= 15 is 0 Å². The molecule has 0 aromatic carbocycles. The van der Waals surface area contributed by atoms with E-state index in [1.165, 1.54) is 38.5 Å². The second-order valence-electron chi connectivity index (χ2n) is 7.22. The highest BCUT2D eigenvalue weighted by Crippen LogP contribution is 2.44. The third-order valence-corrected chi connectivity index (χ3v) is 4.79. The van der Waals surface area contributed by atoms with Crippen LogP contribution < -0.4 is 5.32 Å². The van der Waals surface area contributed by atoms with E-state index in [2.05, 4.69) is 33.0 Å². The van der Waals surface area contributed by atoms with E-state index in [4.69, 9.17) is 0 Å². The molecule has 0 aromatic heterocycles. The maximum atomic E-state index is 3.87. The highest BCUT2D eigenvalue weighted by Gasteiger charge is 2.35. The first-order chi connectivity index (χ1) is 7.47. The lowest BCUT2D eigenvalue weighted by atomic mass is 9.81. The smallest absolute Gasteiger partial charge is 0.00898 e. The van der Waals surface area contributed by atoms with Crippen LogP contribution in [0.4, 0.5) is 0 Å². The molecule has 16 heavy (non-hydrogen) atoms. The van der Waals surface area contributed by atoms with Crippen LogP contribution in [0, 0.1) is 17.3 Å². The normalized spacial score (nSPS) is 33.8. The average molecular weight is 223 g/mol. The molecular weight excluding hydrogens is 194 g/mol. The van der Waals surface area contributed by atoms with Crippen molar-refractivity contribution < 1.29 is 0 Å². The molecule has 0 spiro atoms. The van der Waals surface area contributed by atoms with Gasteiger partial charge in [-0.15, -0.1) is 0 Å². The number of hydrogen-bond donors (Lipinski definition) is 1. The van der Waals surface area contributed by atoms with Gasteiger partial charge < -0.3 is 5.32 Å². The lowest BCUT2D eigenvalue weighted by molar-refractivity contribution is 0.202. The highest BCUT2D eigenvalue weighted by molar-refractivity contribution is 4.89. The van der Waals surface area contributed by atoms with Gasteiger partial charge in [-0.05, 0) is 49.9 Å². The van der Waals surface area contributed by atoms with Crippen LogP contribution in [0.15, 0.2) is 0 Å². The van der Waals surface area contributed by atoms with Gasteiger partial charge in [0.2, 0.25) is 0 Å². The zero-order valence-corrected chi connectivity index (χ0v) is 11.6. The quantitative estimate of drug-likeness (QED) is 0.763. The van der Waals surface area contributed by atoms with Crippen LogP contribution in [0.2, 0.25) is 0 Å². The van der Waals surface area contributed by atoms with Gasteiger partial charge in [0.05, 0.1) is 0 Å². The Hall–Kier alpha value is -0.0400. The van der Waals surface area contributed by atoms with Gasteiger partial charge in [0.1, 0.15) is 0 Å². The number of nitrogens with one attached hydrogen (secondary N) is 1. The lowest BCUT2D eigenvalue weighted by Crippen LogP contribution is -2.45. The summed E-state index contributed by atoms with van der Waals surface area (Å²) in [7, 11) is 0. The Morgan fingerprint density at radius 1 is 1.00 bits per heavy atom. The van der Waals surface area contributed by atoms with Crippen LogP contribution in [-0.4, -0.2) is 12.1 Å². The molecule has 1 N–H and O–H groups in total. The molecule has 94 valence electrons. The van der Waals surface area contributed by atoms with Crippen LogP contribution in [0.1, 0.15) is 66.2 Å². The summed E-state index contributed by atoms with van der Waals surface area (Å²) < 4.78 is 0. The van der Waals surface area contributed by atoms with E-state index in [0.717, 1.165) is 17.9 Å². The summed E-state index contributed by atoms with van der Waals surface area (Å²) in [5.41, 5.74) is 0.395. The molecule has 2 saturated carbocycles. The Balaban J connectivity index is 1.80. The van der Waals surface area contributed by atoms with Gasteiger partial charge in [-0.3, -0.25) is 0 Å². The molecule has 3 unspecified atom stereocenters. The summed E-state index contributed by atoms with van der Waals surface area (Å²) >= 11 is 0. The molecule has 0 saturated heterocycles. The Morgan fingerprint density at radius 3 is 2.25 bits per heavy atom. The molecule has 0 radical (unpaired) electrons. The molecule has 0 heterocycles. The second-order valence-corrected chi connectivity index (χ2v) is 7.22. The first-order valence-electron chi connectivity index (χ1n) is 7.23. The number of hydrogen-bond acceptors (Lipinski definition) is 1. The molecule has 2 fully saturated rings. The third kappa shape index (κ3) is 3.23. The third-order valence-electron chi connectivity index (χ3n) is 4.79. The standard InChI is InChI=1S/C15H29N/c1-11(15(2,3)4)16-14-7-5-6-13(10-14)12-8-9-12/h11-14,16H,5-10H2,1-4H3. The van der Waals surface area contributed by atoms with Crippen molar-refractivity contribution in [1.82, 2.24) is 5.32 Å². The van der Waals surface area contributed by atoms with Crippen LogP contribution in [-0.2, 0) is 0 Å². The van der Waals surface area contributed by atoms with Gasteiger partial charge in [-0.25, -0.2) is 0 Å². The van der Waals surface area contributed by atoms with Crippen LogP contribution in [0.25, 0.3) is 0 Å². The van der Waals surface area contributed by atoms with Crippen molar-refractivity contribution in [3.05, 3.63) is 0 Å². The first-order valence-corrected chi connectivity index (χ1v) is 7.23. The van der Waals surface area contributed by atoms with E-state index in [9.17, 15) is 0 Å². The predicted octanol–water partition coefficient (Wildman–Crippen LogP) is 3.98. The minimum Gasteiger partial charge on any atom is -0.311 e. The monoisotopic (exact) mass is 223 g/mol. The summed E-state index contributed by atoms with van der Waals surface area (Å²) in [5.74, 6) is 2.16. The minimum atomic E-state index is 0.395. The zero-order valence-electron chi connectivity index (χ0n) is 11.6. The molecular formula is C15H29N. The molecule has 0 amide bonds. The lowest BCUT2D eigenvalue weighted by Gasteiger charge is -2.36. The van der Waals surface area contributed by atoms with Crippen molar-refractivity contribution >= 4 is 0 Å². The summed E-state index contributed by atoms with van der Waals surface area (Å²) in [6, 6.07) is 1.43. The summed E-state index contributed by atoms with van der Waals surface area (Å²) in [6.45, 7) is 9.37. The molecule has 3 atom stereocenters. The fraction of sp³-hybridized carbons (Fsp3) is 1.00. The van der Waals surface area contributed by atoms with Gasteiger partial charge >= 0.3 is 0 Å².